The molecule has 3 rings (SSSR count). The van der Waals surface area contributed by atoms with Crippen molar-refractivity contribution in [2.75, 3.05) is 19.0 Å². The van der Waals surface area contributed by atoms with Crippen molar-refractivity contribution < 1.29 is 28.7 Å². The van der Waals surface area contributed by atoms with E-state index in [1.807, 2.05) is 31.2 Å². The molecule has 1 fully saturated rings. The number of esters is 1. The van der Waals surface area contributed by atoms with Crippen molar-refractivity contribution in [3.8, 4) is 5.75 Å². The minimum absolute atomic E-state index is 0.155. The molecule has 0 spiro atoms. The second kappa shape index (κ2) is 10.1. The predicted octanol–water partition coefficient (Wildman–Crippen LogP) is 3.61. The zero-order chi connectivity index (χ0) is 23.3. The summed E-state index contributed by atoms with van der Waals surface area (Å²) in [7, 11) is 1.20. The van der Waals surface area contributed by atoms with Crippen LogP contribution in [0.4, 0.5) is 10.5 Å². The van der Waals surface area contributed by atoms with Gasteiger partial charge in [0, 0.05) is 5.69 Å². The molecule has 0 unspecified atom stereocenters. The van der Waals surface area contributed by atoms with Gasteiger partial charge in [-0.05, 0) is 61.5 Å². The van der Waals surface area contributed by atoms with E-state index in [-0.39, 0.29) is 17.4 Å². The molecule has 2 aromatic rings. The van der Waals surface area contributed by atoms with Crippen LogP contribution in [0.25, 0.3) is 6.08 Å². The lowest BCUT2D eigenvalue weighted by molar-refractivity contribution is -0.148. The highest BCUT2D eigenvalue weighted by molar-refractivity contribution is 8.18. The quantitative estimate of drug-likeness (QED) is 0.504. The number of hydrogen-bond donors (Lipinski definition) is 1. The summed E-state index contributed by atoms with van der Waals surface area (Å²) in [4.78, 5) is 49.5. The van der Waals surface area contributed by atoms with E-state index in [9.17, 15) is 19.2 Å². The van der Waals surface area contributed by atoms with Crippen molar-refractivity contribution in [3.05, 3.63) is 64.6 Å². The van der Waals surface area contributed by atoms with Gasteiger partial charge in [-0.25, -0.2) is 4.79 Å². The Morgan fingerprint density at radius 1 is 1.09 bits per heavy atom. The number of amides is 3. The Morgan fingerprint density at radius 3 is 2.38 bits per heavy atom. The average Bonchev–Trinajstić information content (AvgIpc) is 3.06. The second-order valence-electron chi connectivity index (χ2n) is 7.02. The number of imide groups is 1. The van der Waals surface area contributed by atoms with Gasteiger partial charge in [0.25, 0.3) is 17.1 Å². The molecule has 1 heterocycles. The second-order valence-corrected chi connectivity index (χ2v) is 8.02. The zero-order valence-electron chi connectivity index (χ0n) is 17.8. The summed E-state index contributed by atoms with van der Waals surface area (Å²) in [6.45, 7) is 3.25. The number of carbonyl (C=O) groups excluding carboxylic acids is 4. The summed E-state index contributed by atoms with van der Waals surface area (Å²) in [6.07, 6.45) is 1.56. The number of nitrogens with zero attached hydrogens (tertiary/aromatic N) is 1. The average molecular weight is 455 g/mol. The standard InChI is InChI=1S/C23H22N2O6S/c1-14-4-8-17(9-5-14)24-20(26)13-31-18-10-6-16(7-11-18)12-19-21(27)25(23(29)32-19)15(2)22(28)30-3/h4-12,15H,13H2,1-3H3,(H,24,26)/b19-12+/t15-/m1/s1. The van der Waals surface area contributed by atoms with E-state index in [1.54, 1.807) is 30.3 Å². The molecule has 0 radical (unpaired) electrons. The van der Waals surface area contributed by atoms with Gasteiger partial charge in [0.05, 0.1) is 12.0 Å². The van der Waals surface area contributed by atoms with Gasteiger partial charge in [0.1, 0.15) is 11.8 Å². The molecule has 8 nitrogen and oxygen atoms in total. The van der Waals surface area contributed by atoms with Crippen molar-refractivity contribution in [2.45, 2.75) is 19.9 Å². The summed E-state index contributed by atoms with van der Waals surface area (Å²) in [6, 6.07) is 13.2. The van der Waals surface area contributed by atoms with Crippen LogP contribution in [0.1, 0.15) is 18.1 Å². The van der Waals surface area contributed by atoms with Gasteiger partial charge >= 0.3 is 5.97 Å². The van der Waals surface area contributed by atoms with Crippen molar-refractivity contribution >= 4 is 46.5 Å². The highest BCUT2D eigenvalue weighted by Gasteiger charge is 2.41. The van der Waals surface area contributed by atoms with Crippen LogP contribution in [0.2, 0.25) is 0 Å². The number of aryl methyl sites for hydroxylation is 1. The highest BCUT2D eigenvalue weighted by Crippen LogP contribution is 2.34. The lowest BCUT2D eigenvalue weighted by Gasteiger charge is -2.18. The fourth-order valence-electron chi connectivity index (χ4n) is 2.88. The molecule has 166 valence electrons. The highest BCUT2D eigenvalue weighted by atomic mass is 32.2. The minimum Gasteiger partial charge on any atom is -0.484 e. The number of methoxy groups -OCH3 is 1. The van der Waals surface area contributed by atoms with E-state index in [1.165, 1.54) is 14.0 Å². The van der Waals surface area contributed by atoms with Crippen molar-refractivity contribution in [2.24, 2.45) is 0 Å². The third-order valence-corrected chi connectivity index (χ3v) is 5.52. The first-order valence-electron chi connectivity index (χ1n) is 9.72. The monoisotopic (exact) mass is 454 g/mol. The number of nitrogens with one attached hydrogen (secondary N) is 1. The molecule has 1 atom stereocenters. The Labute approximate surface area is 189 Å². The van der Waals surface area contributed by atoms with E-state index < -0.39 is 23.2 Å². The molecule has 1 N–H and O–H groups in total. The van der Waals surface area contributed by atoms with Gasteiger partial charge < -0.3 is 14.8 Å². The Hall–Kier alpha value is -3.59. The first-order valence-corrected chi connectivity index (χ1v) is 10.5. The molecule has 32 heavy (non-hydrogen) atoms. The van der Waals surface area contributed by atoms with Gasteiger partial charge in [0.15, 0.2) is 6.61 Å². The minimum atomic E-state index is -1.000. The van der Waals surface area contributed by atoms with Gasteiger partial charge in [0.2, 0.25) is 0 Å². The SMILES string of the molecule is COC(=O)[C@@H](C)N1C(=O)S/C(=C/c2ccc(OCC(=O)Nc3ccc(C)cc3)cc2)C1=O. The molecule has 3 amide bonds. The summed E-state index contributed by atoms with van der Waals surface area (Å²) in [5.41, 5.74) is 2.45. The van der Waals surface area contributed by atoms with E-state index in [4.69, 9.17) is 4.74 Å². The van der Waals surface area contributed by atoms with Crippen LogP contribution >= 0.6 is 11.8 Å². The molecule has 1 aliphatic heterocycles. The van der Waals surface area contributed by atoms with E-state index in [2.05, 4.69) is 10.1 Å². The predicted molar refractivity (Wildman–Crippen MR) is 121 cm³/mol. The summed E-state index contributed by atoms with van der Waals surface area (Å²) in [5.74, 6) is -1.02. The fourth-order valence-corrected chi connectivity index (χ4v) is 3.79. The summed E-state index contributed by atoms with van der Waals surface area (Å²) >= 11 is 0.760. The number of anilines is 1. The first kappa shape index (κ1) is 23.1. The molecular weight excluding hydrogens is 432 g/mol. The van der Waals surface area contributed by atoms with Crippen molar-refractivity contribution in [3.63, 3.8) is 0 Å². The van der Waals surface area contributed by atoms with Crippen LogP contribution in [-0.2, 0) is 19.1 Å². The molecule has 1 saturated heterocycles. The molecule has 0 aromatic heterocycles. The van der Waals surface area contributed by atoms with Crippen LogP contribution in [0.15, 0.2) is 53.4 Å². The molecule has 9 heteroatoms. The summed E-state index contributed by atoms with van der Waals surface area (Å²) < 4.78 is 10.1. The first-order chi connectivity index (χ1) is 15.3. The third kappa shape index (κ3) is 5.55. The van der Waals surface area contributed by atoms with Gasteiger partial charge in [-0.1, -0.05) is 29.8 Å². The van der Waals surface area contributed by atoms with Crippen LogP contribution in [0.5, 0.6) is 5.75 Å². The molecule has 2 aromatic carbocycles. The largest absolute Gasteiger partial charge is 0.484 e. The van der Waals surface area contributed by atoms with Crippen LogP contribution < -0.4 is 10.1 Å². The van der Waals surface area contributed by atoms with Gasteiger partial charge in [-0.2, -0.15) is 0 Å². The molecular formula is C23H22N2O6S. The van der Waals surface area contributed by atoms with E-state index in [0.717, 1.165) is 22.2 Å². The number of rotatable bonds is 7. The molecule has 0 aliphatic carbocycles. The number of ether oxygens (including phenoxy) is 2. The van der Waals surface area contributed by atoms with Crippen molar-refractivity contribution in [1.29, 1.82) is 0 Å². The van der Waals surface area contributed by atoms with Crippen LogP contribution in [0, 0.1) is 6.92 Å². The lowest BCUT2D eigenvalue weighted by Crippen LogP contribution is -2.42. The molecule has 0 saturated carbocycles. The lowest BCUT2D eigenvalue weighted by atomic mass is 10.2. The Balaban J connectivity index is 1.58. The number of benzene rings is 2. The Bertz CT molecular complexity index is 1060. The van der Waals surface area contributed by atoms with E-state index in [0.29, 0.717) is 17.0 Å². The van der Waals surface area contributed by atoms with Crippen molar-refractivity contribution in [1.82, 2.24) is 4.90 Å². The van der Waals surface area contributed by atoms with Gasteiger partial charge in [-0.3, -0.25) is 19.3 Å². The topological polar surface area (TPSA) is 102 Å². The molecule has 1 aliphatic rings. The number of hydrogen-bond acceptors (Lipinski definition) is 7. The maximum absolute atomic E-state index is 12.5. The third-order valence-electron chi connectivity index (χ3n) is 4.64. The zero-order valence-corrected chi connectivity index (χ0v) is 18.6. The normalized spacial score (nSPS) is 15.6. The Kier molecular flexibility index (Phi) is 7.32. The van der Waals surface area contributed by atoms with Crippen LogP contribution in [0.3, 0.4) is 0 Å². The summed E-state index contributed by atoms with van der Waals surface area (Å²) in [5, 5.41) is 2.22. The Morgan fingerprint density at radius 2 is 1.75 bits per heavy atom. The smallest absolute Gasteiger partial charge is 0.328 e. The van der Waals surface area contributed by atoms with Gasteiger partial charge in [-0.15, -0.1) is 0 Å². The fraction of sp³-hybridized carbons (Fsp3) is 0.217. The maximum atomic E-state index is 12.5. The van der Waals surface area contributed by atoms with Crippen LogP contribution in [-0.4, -0.2) is 47.7 Å². The number of carbonyl (C=O) groups is 4. The van der Waals surface area contributed by atoms with E-state index >= 15 is 0 Å². The molecule has 0 bridgehead atoms. The number of thioether (sulfide) groups is 1. The maximum Gasteiger partial charge on any atom is 0.328 e.